The molecular formula is C26H28ClN3O3S. The molecule has 1 N–H and O–H groups in total. The number of aromatic nitrogens is 1. The molecule has 2 saturated heterocycles. The minimum Gasteiger partial charge on any atom is -0.479 e. The van der Waals surface area contributed by atoms with Gasteiger partial charge in [0.05, 0.1) is 16.8 Å². The van der Waals surface area contributed by atoms with E-state index in [1.165, 1.54) is 37.3 Å². The van der Waals surface area contributed by atoms with Crippen molar-refractivity contribution in [3.63, 3.8) is 0 Å². The van der Waals surface area contributed by atoms with Gasteiger partial charge in [0.1, 0.15) is 5.75 Å². The van der Waals surface area contributed by atoms with E-state index in [0.717, 1.165) is 63.5 Å². The lowest BCUT2D eigenvalue weighted by Crippen LogP contribution is -2.49. The number of carbonyl (C=O) groups is 1. The summed E-state index contributed by atoms with van der Waals surface area (Å²) in [5, 5.41) is 10.2. The highest BCUT2D eigenvalue weighted by molar-refractivity contribution is 7.19. The summed E-state index contributed by atoms with van der Waals surface area (Å²) in [5.41, 5.74) is 3.65. The van der Waals surface area contributed by atoms with E-state index in [-0.39, 0.29) is 12.5 Å². The van der Waals surface area contributed by atoms with Crippen LogP contribution in [0, 0.1) is 0 Å². The first-order chi connectivity index (χ1) is 16.6. The van der Waals surface area contributed by atoms with Crippen molar-refractivity contribution < 1.29 is 14.6 Å². The minimum atomic E-state index is -0.510. The van der Waals surface area contributed by atoms with Crippen molar-refractivity contribution in [2.75, 3.05) is 26.2 Å². The first-order valence-corrected chi connectivity index (χ1v) is 13.3. The maximum atomic E-state index is 13.4. The predicted molar refractivity (Wildman–Crippen MR) is 135 cm³/mol. The lowest BCUT2D eigenvalue weighted by Gasteiger charge is -2.37. The zero-order valence-electron chi connectivity index (χ0n) is 19.0. The number of aliphatic hydroxyl groups excluding tert-OH is 1. The molecule has 3 aromatic rings. The molecular weight excluding hydrogens is 470 g/mol. The maximum Gasteiger partial charge on any atom is 0.263 e. The van der Waals surface area contributed by atoms with Crippen molar-refractivity contribution in [3.05, 3.63) is 45.9 Å². The average Bonchev–Trinajstić information content (AvgIpc) is 3.62. The molecule has 0 aliphatic carbocycles. The summed E-state index contributed by atoms with van der Waals surface area (Å²) in [4.78, 5) is 23.3. The molecule has 2 aromatic heterocycles. The second-order valence-electron chi connectivity index (χ2n) is 9.50. The summed E-state index contributed by atoms with van der Waals surface area (Å²) >= 11 is 8.03. The predicted octanol–water partition coefficient (Wildman–Crippen LogP) is 4.50. The Morgan fingerprint density at radius 1 is 1.15 bits per heavy atom. The molecule has 3 aliphatic heterocycles. The van der Waals surface area contributed by atoms with Gasteiger partial charge in [-0.15, -0.1) is 11.3 Å². The number of aliphatic hydroxyl groups is 1. The molecule has 0 unspecified atom stereocenters. The Balaban J connectivity index is 1.23. The number of ether oxygens (including phenoxy) is 1. The molecule has 0 radical (unpaired) electrons. The van der Waals surface area contributed by atoms with E-state index in [1.54, 1.807) is 6.20 Å². The van der Waals surface area contributed by atoms with Crippen LogP contribution in [0.5, 0.6) is 5.75 Å². The van der Waals surface area contributed by atoms with Crippen LogP contribution in [0.25, 0.3) is 21.3 Å². The Morgan fingerprint density at radius 3 is 2.71 bits per heavy atom. The van der Waals surface area contributed by atoms with Gasteiger partial charge in [-0.3, -0.25) is 9.78 Å². The maximum absolute atomic E-state index is 13.4. The van der Waals surface area contributed by atoms with Crippen LogP contribution in [-0.2, 0) is 17.8 Å². The number of hydrogen-bond donors (Lipinski definition) is 1. The first kappa shape index (κ1) is 22.3. The second-order valence-corrected chi connectivity index (χ2v) is 11.1. The van der Waals surface area contributed by atoms with Gasteiger partial charge in [0, 0.05) is 58.3 Å². The van der Waals surface area contributed by atoms with Gasteiger partial charge in [0.15, 0.2) is 6.10 Å². The number of rotatable bonds is 4. The molecule has 0 spiro atoms. The van der Waals surface area contributed by atoms with Gasteiger partial charge in [-0.05, 0) is 63.0 Å². The fraction of sp³-hybridized carbons (Fsp3) is 0.462. The molecule has 0 saturated carbocycles. The Bertz CT molecular complexity index is 1230. The molecule has 6 nitrogen and oxygen atoms in total. The lowest BCUT2D eigenvalue weighted by molar-refractivity contribution is -0.139. The van der Waals surface area contributed by atoms with Gasteiger partial charge < -0.3 is 19.6 Å². The van der Waals surface area contributed by atoms with E-state index in [9.17, 15) is 9.90 Å². The number of amides is 1. The summed E-state index contributed by atoms with van der Waals surface area (Å²) in [5.74, 6) is 0.817. The van der Waals surface area contributed by atoms with Gasteiger partial charge in [0.25, 0.3) is 5.91 Å². The number of halogens is 1. The molecule has 178 valence electrons. The Labute approximate surface area is 208 Å². The number of pyridine rings is 1. The average molecular weight is 498 g/mol. The zero-order chi connectivity index (χ0) is 23.2. The van der Waals surface area contributed by atoms with Crippen molar-refractivity contribution in [2.45, 2.75) is 50.9 Å². The highest BCUT2D eigenvalue weighted by atomic mass is 35.5. The normalized spacial score (nSPS) is 21.2. The Morgan fingerprint density at radius 2 is 1.94 bits per heavy atom. The fourth-order valence-electron chi connectivity index (χ4n) is 5.70. The van der Waals surface area contributed by atoms with Gasteiger partial charge in [-0.2, -0.15) is 0 Å². The van der Waals surface area contributed by atoms with E-state index in [4.69, 9.17) is 16.3 Å². The van der Waals surface area contributed by atoms with Gasteiger partial charge in [-0.1, -0.05) is 11.6 Å². The largest absolute Gasteiger partial charge is 0.479 e. The number of fused-ring (bicyclic) bond motifs is 2. The molecule has 2 fully saturated rings. The van der Waals surface area contributed by atoms with Gasteiger partial charge >= 0.3 is 0 Å². The number of benzene rings is 1. The van der Waals surface area contributed by atoms with E-state index in [0.29, 0.717) is 17.5 Å². The molecule has 6 rings (SSSR count). The quantitative estimate of drug-likeness (QED) is 0.575. The Hall–Kier alpha value is -2.19. The van der Waals surface area contributed by atoms with E-state index < -0.39 is 6.10 Å². The molecule has 3 aliphatic rings. The number of hydrogen-bond acceptors (Lipinski definition) is 6. The molecule has 5 heterocycles. The number of carbonyl (C=O) groups excluding carboxylic acids is 1. The lowest BCUT2D eigenvalue weighted by atomic mass is 10.00. The third kappa shape index (κ3) is 3.98. The number of thiophene rings is 1. The van der Waals surface area contributed by atoms with Crippen molar-refractivity contribution >= 4 is 39.1 Å². The SMILES string of the molecule is O=C([C@H]1Cc2cc(Cl)cc(-c3ccnc4cc(CO)sc34)c2O1)N1CCC(N2CCCC2)CC1. The molecule has 1 aromatic carbocycles. The van der Waals surface area contributed by atoms with Gasteiger partial charge in [-0.25, -0.2) is 0 Å². The monoisotopic (exact) mass is 497 g/mol. The van der Waals surface area contributed by atoms with Crippen molar-refractivity contribution in [3.8, 4) is 16.9 Å². The number of piperidine rings is 1. The summed E-state index contributed by atoms with van der Waals surface area (Å²) < 4.78 is 7.33. The van der Waals surface area contributed by atoms with Crippen molar-refractivity contribution in [1.82, 2.24) is 14.8 Å². The highest BCUT2D eigenvalue weighted by Gasteiger charge is 2.37. The first-order valence-electron chi connectivity index (χ1n) is 12.1. The smallest absolute Gasteiger partial charge is 0.263 e. The fourth-order valence-corrected chi connectivity index (χ4v) is 6.94. The topological polar surface area (TPSA) is 65.9 Å². The van der Waals surface area contributed by atoms with E-state index >= 15 is 0 Å². The van der Waals surface area contributed by atoms with Crippen LogP contribution in [0.4, 0.5) is 0 Å². The summed E-state index contributed by atoms with van der Waals surface area (Å²) in [7, 11) is 0. The van der Waals surface area contributed by atoms with Crippen LogP contribution in [-0.4, -0.2) is 64.1 Å². The summed E-state index contributed by atoms with van der Waals surface area (Å²) in [6, 6.07) is 8.30. The van der Waals surface area contributed by atoms with E-state index in [1.807, 2.05) is 29.2 Å². The second kappa shape index (κ2) is 9.11. The van der Waals surface area contributed by atoms with Crippen molar-refractivity contribution in [2.24, 2.45) is 0 Å². The number of likely N-dealkylation sites (tertiary alicyclic amines) is 2. The minimum absolute atomic E-state index is 0.0182. The highest BCUT2D eigenvalue weighted by Crippen LogP contribution is 2.44. The molecule has 0 bridgehead atoms. The van der Waals surface area contributed by atoms with Crippen LogP contribution >= 0.6 is 22.9 Å². The third-order valence-electron chi connectivity index (χ3n) is 7.41. The molecule has 1 atom stereocenters. The molecule has 34 heavy (non-hydrogen) atoms. The molecule has 1 amide bonds. The van der Waals surface area contributed by atoms with Crippen LogP contribution < -0.4 is 4.74 Å². The van der Waals surface area contributed by atoms with Crippen LogP contribution in [0.1, 0.15) is 36.1 Å². The standard InChI is InChI=1S/C26H28ClN3O3S/c27-17-11-16-12-23(26(32)30-9-4-18(5-10-30)29-7-1-2-8-29)33-24(16)21(13-17)20-3-6-28-22-14-19(15-31)34-25(20)22/h3,6,11,13-14,18,23,31H,1-2,4-5,7-10,12,15H2/t23-/m1/s1. The summed E-state index contributed by atoms with van der Waals surface area (Å²) in [6.07, 6.45) is 6.48. The van der Waals surface area contributed by atoms with Crippen molar-refractivity contribution in [1.29, 1.82) is 0 Å². The Kier molecular flexibility index (Phi) is 5.97. The molecule has 8 heteroatoms. The van der Waals surface area contributed by atoms with E-state index in [2.05, 4.69) is 9.88 Å². The van der Waals surface area contributed by atoms with Crippen LogP contribution in [0.2, 0.25) is 5.02 Å². The zero-order valence-corrected chi connectivity index (χ0v) is 20.6. The number of nitrogens with zero attached hydrogens (tertiary/aromatic N) is 3. The van der Waals surface area contributed by atoms with Gasteiger partial charge in [0.2, 0.25) is 0 Å². The van der Waals surface area contributed by atoms with Crippen LogP contribution in [0.3, 0.4) is 0 Å². The van der Waals surface area contributed by atoms with Crippen LogP contribution in [0.15, 0.2) is 30.5 Å². The third-order valence-corrected chi connectivity index (χ3v) is 8.77. The summed E-state index contributed by atoms with van der Waals surface area (Å²) in [6.45, 7) is 3.99.